The molecular formula is C41H30N9O+. The van der Waals surface area contributed by atoms with Crippen molar-refractivity contribution in [2.24, 2.45) is 0 Å². The van der Waals surface area contributed by atoms with E-state index in [0.29, 0.717) is 56.1 Å². The Labute approximate surface area is 291 Å². The van der Waals surface area contributed by atoms with Gasteiger partial charge in [0.2, 0.25) is 0 Å². The van der Waals surface area contributed by atoms with Crippen LogP contribution < -0.4 is 9.22 Å². The number of hydrogen-bond donors (Lipinski definition) is 2. The average Bonchev–Trinajstić information content (AvgIpc) is 3.87. The molecule has 0 saturated carbocycles. The van der Waals surface area contributed by atoms with Crippen molar-refractivity contribution in [3.05, 3.63) is 115 Å². The van der Waals surface area contributed by atoms with Crippen molar-refractivity contribution in [3.8, 4) is 57.1 Å². The smallest absolute Gasteiger partial charge is 0.164 e. The van der Waals surface area contributed by atoms with Crippen molar-refractivity contribution in [2.45, 2.75) is 0 Å². The van der Waals surface area contributed by atoms with Gasteiger partial charge in [-0.15, -0.1) is 0 Å². The summed E-state index contributed by atoms with van der Waals surface area (Å²) in [5.74, 6) is 3.52. The third kappa shape index (κ3) is 4.84. The molecular weight excluding hydrogens is 635 g/mol. The van der Waals surface area contributed by atoms with E-state index in [4.69, 9.17) is 34.6 Å². The van der Waals surface area contributed by atoms with E-state index in [9.17, 15) is 0 Å². The first-order valence-electron chi connectivity index (χ1n) is 16.7. The Kier molecular flexibility index (Phi) is 6.21. The maximum atomic E-state index is 6.43. The Morgan fingerprint density at radius 1 is 0.412 bits per heavy atom. The minimum atomic E-state index is 0.490. The lowest BCUT2D eigenvalue weighted by molar-refractivity contribution is 0.466. The topological polar surface area (TPSA) is 118 Å². The van der Waals surface area contributed by atoms with Gasteiger partial charge < -0.3 is 14.7 Å². The van der Waals surface area contributed by atoms with E-state index >= 15 is 0 Å². The van der Waals surface area contributed by atoms with Crippen LogP contribution in [0, 0.1) is 0 Å². The highest BCUT2D eigenvalue weighted by Gasteiger charge is 2.24. The molecule has 0 amide bonds. The zero-order valence-electron chi connectivity index (χ0n) is 28.0. The first kappa shape index (κ1) is 29.2. The quantitative estimate of drug-likeness (QED) is 0.181. The van der Waals surface area contributed by atoms with E-state index in [1.165, 1.54) is 0 Å². The van der Waals surface area contributed by atoms with Crippen LogP contribution in [0.1, 0.15) is 0 Å². The fourth-order valence-electron chi connectivity index (χ4n) is 6.79. The molecule has 8 bridgehead atoms. The van der Waals surface area contributed by atoms with Crippen molar-refractivity contribution in [2.75, 3.05) is 21.1 Å². The molecule has 244 valence electrons. The van der Waals surface area contributed by atoms with Gasteiger partial charge >= 0.3 is 0 Å². The first-order valence-corrected chi connectivity index (χ1v) is 16.7. The molecule has 5 aromatic carbocycles. The van der Waals surface area contributed by atoms with Gasteiger partial charge in [-0.2, -0.15) is 0 Å². The molecule has 2 aliphatic rings. The Balaban J connectivity index is 1.26. The minimum absolute atomic E-state index is 0.490. The third-order valence-corrected chi connectivity index (χ3v) is 9.35. The van der Waals surface area contributed by atoms with Crippen LogP contribution in [0.15, 0.2) is 115 Å². The van der Waals surface area contributed by atoms with Gasteiger partial charge in [0.1, 0.15) is 39.8 Å². The van der Waals surface area contributed by atoms with Crippen LogP contribution in [0.2, 0.25) is 0 Å². The second-order valence-electron chi connectivity index (χ2n) is 13.6. The molecule has 2 N–H and O–H groups in total. The number of quaternary nitrogens is 1. The summed E-state index contributed by atoms with van der Waals surface area (Å²) in [7, 11) is 6.39. The predicted molar refractivity (Wildman–Crippen MR) is 202 cm³/mol. The van der Waals surface area contributed by atoms with Gasteiger partial charge in [-0.1, -0.05) is 78.9 Å². The van der Waals surface area contributed by atoms with E-state index < -0.39 is 0 Å². The number of aromatic amines is 2. The van der Waals surface area contributed by atoms with Crippen molar-refractivity contribution in [1.29, 1.82) is 0 Å². The van der Waals surface area contributed by atoms with Crippen molar-refractivity contribution in [1.82, 2.24) is 44.4 Å². The summed E-state index contributed by atoms with van der Waals surface area (Å²) in [6.45, 7) is 0. The maximum Gasteiger partial charge on any atom is 0.164 e. The molecule has 0 radical (unpaired) electrons. The Hall–Kier alpha value is -6.78. The molecule has 10 rings (SSSR count). The normalized spacial score (nSPS) is 12.2. The second kappa shape index (κ2) is 10.9. The van der Waals surface area contributed by atoms with Crippen LogP contribution in [0.5, 0.6) is 11.5 Å². The molecule has 10 nitrogen and oxygen atoms in total. The van der Waals surface area contributed by atoms with Crippen LogP contribution >= 0.6 is 0 Å². The number of ether oxygens (including phenoxy) is 1. The molecule has 5 heterocycles. The number of benzene rings is 5. The third-order valence-electron chi connectivity index (χ3n) is 9.35. The standard InChI is InChI=1S/C41H30N9O/c1-50(2,3)23-11-10-12-24(21-23)51-25-19-20-32-33(22-25)41-48-39-31-18-9-8-17-30(31)37(46-39)44-35-27-14-5-4-13-26(27)34(42-35)43-36-28-15-6-7-16-29(28)38(45-36)47-40(32)49-41/h4-22H,1-3H3,(H2,42,43,44,45,46,47,48,49)/q+1. The Morgan fingerprint density at radius 3 is 1.41 bits per heavy atom. The monoisotopic (exact) mass is 664 g/mol. The molecule has 0 atom stereocenters. The van der Waals surface area contributed by atoms with Crippen molar-refractivity contribution in [3.63, 3.8) is 0 Å². The number of fused-ring (bicyclic) bond motifs is 20. The van der Waals surface area contributed by atoms with E-state index in [2.05, 4.69) is 43.2 Å². The minimum Gasteiger partial charge on any atom is -0.457 e. The Bertz CT molecular complexity index is 2900. The zero-order valence-corrected chi connectivity index (χ0v) is 28.0. The average molecular weight is 665 g/mol. The van der Waals surface area contributed by atoms with Crippen LogP contribution in [0.3, 0.4) is 0 Å². The largest absolute Gasteiger partial charge is 0.457 e. The molecule has 0 saturated heterocycles. The predicted octanol–water partition coefficient (Wildman–Crippen LogP) is 8.86. The first-order chi connectivity index (χ1) is 24.9. The van der Waals surface area contributed by atoms with Crippen LogP contribution in [-0.4, -0.2) is 61.0 Å². The van der Waals surface area contributed by atoms with Crippen LogP contribution in [0.4, 0.5) is 5.69 Å². The Morgan fingerprint density at radius 2 is 0.863 bits per heavy atom. The van der Waals surface area contributed by atoms with E-state index in [0.717, 1.165) is 55.2 Å². The molecule has 10 heteroatoms. The molecule has 8 aromatic rings. The van der Waals surface area contributed by atoms with E-state index in [1.807, 2.05) is 103 Å². The number of H-pyrrole nitrogens is 2. The summed E-state index contributed by atoms with van der Waals surface area (Å²) in [6.07, 6.45) is 0. The molecule has 0 aliphatic carbocycles. The lowest BCUT2D eigenvalue weighted by Gasteiger charge is -2.23. The highest BCUT2D eigenvalue weighted by molar-refractivity contribution is 6.07. The van der Waals surface area contributed by atoms with Gasteiger partial charge in [-0.05, 0) is 30.3 Å². The van der Waals surface area contributed by atoms with Gasteiger partial charge in [0.25, 0.3) is 0 Å². The summed E-state index contributed by atoms with van der Waals surface area (Å²) in [5, 5.41) is 3.77. The van der Waals surface area contributed by atoms with Crippen molar-refractivity contribution < 1.29 is 4.74 Å². The molecule has 0 unspecified atom stereocenters. The summed E-state index contributed by atoms with van der Waals surface area (Å²) in [5.41, 5.74) is 7.22. The molecule has 0 fully saturated rings. The van der Waals surface area contributed by atoms with Gasteiger partial charge in [-0.3, -0.25) is 4.48 Å². The summed E-state index contributed by atoms with van der Waals surface area (Å²) in [6, 6.07) is 38.2. The second-order valence-corrected chi connectivity index (χ2v) is 13.6. The number of rotatable bonds is 3. The highest BCUT2D eigenvalue weighted by atomic mass is 16.5. The molecule has 0 spiro atoms. The lowest BCUT2D eigenvalue weighted by Crippen LogP contribution is -2.34. The summed E-state index contributed by atoms with van der Waals surface area (Å²) < 4.78 is 7.11. The number of aromatic nitrogens is 8. The highest BCUT2D eigenvalue weighted by Crippen LogP contribution is 2.40. The number of nitrogens with one attached hydrogen (secondary N) is 2. The lowest BCUT2D eigenvalue weighted by atomic mass is 10.1. The fraction of sp³-hybridized carbons (Fsp3) is 0.0732. The van der Waals surface area contributed by atoms with Gasteiger partial charge in [0.15, 0.2) is 23.3 Å². The number of nitrogens with zero attached hydrogens (tertiary/aromatic N) is 7. The number of hydrogen-bond acceptors (Lipinski definition) is 7. The maximum absolute atomic E-state index is 6.43. The van der Waals surface area contributed by atoms with Crippen molar-refractivity contribution >= 4 is 49.8 Å². The van der Waals surface area contributed by atoms with Crippen LogP contribution in [-0.2, 0) is 0 Å². The van der Waals surface area contributed by atoms with E-state index in [1.54, 1.807) is 0 Å². The molecule has 51 heavy (non-hydrogen) atoms. The van der Waals surface area contributed by atoms with Gasteiger partial charge in [0.05, 0.1) is 21.1 Å². The molecule has 3 aromatic heterocycles. The van der Waals surface area contributed by atoms with Gasteiger partial charge in [0, 0.05) is 49.9 Å². The zero-order chi connectivity index (χ0) is 34.3. The summed E-state index contributed by atoms with van der Waals surface area (Å²) >= 11 is 0. The van der Waals surface area contributed by atoms with Gasteiger partial charge in [-0.25, -0.2) is 29.9 Å². The van der Waals surface area contributed by atoms with Crippen LogP contribution in [0.25, 0.3) is 89.7 Å². The molecule has 2 aliphatic heterocycles. The SMILES string of the molecule is C[N+](C)(C)c1cccc(Oc2ccc3c(c2)-c2nc4nc(nc5[nH]c(nc6[nH]c(nc-3n2)c2ccccc62)c2ccccc52)-c2ccccc2-4)c1. The van der Waals surface area contributed by atoms with E-state index in [-0.39, 0.29) is 0 Å². The fourth-order valence-corrected chi connectivity index (χ4v) is 6.79. The summed E-state index contributed by atoms with van der Waals surface area (Å²) in [4.78, 5) is 37.4.